The summed E-state index contributed by atoms with van der Waals surface area (Å²) in [4.78, 5) is 16.0. The lowest BCUT2D eigenvalue weighted by Crippen LogP contribution is -2.51. The van der Waals surface area contributed by atoms with Gasteiger partial charge in [0.2, 0.25) is 0 Å². The third-order valence-electron chi connectivity index (χ3n) is 3.11. The molecule has 1 aromatic heterocycles. The topological polar surface area (TPSA) is 42.0 Å². The van der Waals surface area contributed by atoms with Crippen LogP contribution < -0.4 is 5.32 Å². The molecule has 1 aromatic rings. The zero-order valence-corrected chi connectivity index (χ0v) is 10.3. The van der Waals surface area contributed by atoms with Crippen molar-refractivity contribution in [2.75, 3.05) is 0 Å². The second-order valence-electron chi connectivity index (χ2n) is 4.67. The maximum absolute atomic E-state index is 11.9. The maximum Gasteiger partial charge on any atom is 0.254 e. The van der Waals surface area contributed by atoms with Gasteiger partial charge < -0.3 is 5.32 Å². The number of carbonyl (C=O) groups excluding carboxylic acids is 1. The number of amides is 1. The van der Waals surface area contributed by atoms with Gasteiger partial charge in [0, 0.05) is 17.4 Å². The van der Waals surface area contributed by atoms with Crippen LogP contribution in [0.4, 0.5) is 0 Å². The van der Waals surface area contributed by atoms with Crippen molar-refractivity contribution in [1.82, 2.24) is 10.3 Å². The first kappa shape index (κ1) is 11.4. The lowest BCUT2D eigenvalue weighted by Gasteiger charge is -2.39. The Morgan fingerprint density at radius 3 is 2.75 bits per heavy atom. The predicted molar refractivity (Wildman–Crippen MR) is 63.7 cm³/mol. The highest BCUT2D eigenvalue weighted by molar-refractivity contribution is 6.33. The minimum atomic E-state index is -0.125. The minimum absolute atomic E-state index is 0.0503. The van der Waals surface area contributed by atoms with Gasteiger partial charge >= 0.3 is 0 Å². The van der Waals surface area contributed by atoms with Gasteiger partial charge in [0.15, 0.2) is 0 Å². The monoisotopic (exact) mass is 238 g/mol. The molecule has 1 N–H and O–H groups in total. The van der Waals surface area contributed by atoms with Crippen molar-refractivity contribution in [3.63, 3.8) is 0 Å². The molecule has 0 spiro atoms. The molecule has 0 bridgehead atoms. The molecule has 0 atom stereocenters. The molecule has 1 amide bonds. The van der Waals surface area contributed by atoms with Crippen LogP contribution in [0.15, 0.2) is 12.3 Å². The maximum atomic E-state index is 11.9. The minimum Gasteiger partial charge on any atom is -0.347 e. The number of rotatable bonds is 2. The van der Waals surface area contributed by atoms with Crippen LogP contribution in [0.3, 0.4) is 0 Å². The first-order valence-corrected chi connectivity index (χ1v) is 5.83. The molecule has 1 fully saturated rings. The summed E-state index contributed by atoms with van der Waals surface area (Å²) in [7, 11) is 0. The Balaban J connectivity index is 2.14. The normalized spacial score (nSPS) is 17.7. The van der Waals surface area contributed by atoms with E-state index in [4.69, 9.17) is 11.6 Å². The van der Waals surface area contributed by atoms with E-state index in [1.54, 1.807) is 6.07 Å². The van der Waals surface area contributed by atoms with Crippen LogP contribution in [0.5, 0.6) is 0 Å². The van der Waals surface area contributed by atoms with Gasteiger partial charge in [-0.3, -0.25) is 9.78 Å². The molecule has 4 heteroatoms. The number of nitrogens with zero attached hydrogens (tertiary/aromatic N) is 1. The number of nitrogens with one attached hydrogen (secondary N) is 1. The molecule has 3 nitrogen and oxygen atoms in total. The van der Waals surface area contributed by atoms with E-state index in [1.165, 1.54) is 12.6 Å². The van der Waals surface area contributed by atoms with Crippen molar-refractivity contribution in [2.45, 2.75) is 38.6 Å². The number of halogens is 1. The van der Waals surface area contributed by atoms with Gasteiger partial charge in [-0.2, -0.15) is 0 Å². The van der Waals surface area contributed by atoms with Crippen LogP contribution in [0.2, 0.25) is 5.02 Å². The Morgan fingerprint density at radius 1 is 1.56 bits per heavy atom. The molecule has 1 aliphatic rings. The Bertz CT molecular complexity index is 427. The molecular formula is C12H15ClN2O. The van der Waals surface area contributed by atoms with Gasteiger partial charge in [0.05, 0.1) is 10.6 Å². The van der Waals surface area contributed by atoms with Crippen molar-refractivity contribution in [1.29, 1.82) is 0 Å². The fourth-order valence-electron chi connectivity index (χ4n) is 1.87. The zero-order valence-electron chi connectivity index (χ0n) is 9.51. The molecule has 1 saturated carbocycles. The molecule has 1 aliphatic carbocycles. The number of aromatic nitrogens is 1. The summed E-state index contributed by atoms with van der Waals surface area (Å²) >= 11 is 6.01. The van der Waals surface area contributed by atoms with Crippen LogP contribution in [-0.2, 0) is 0 Å². The highest BCUT2D eigenvalue weighted by Gasteiger charge is 2.33. The van der Waals surface area contributed by atoms with Crippen molar-refractivity contribution in [2.24, 2.45) is 0 Å². The van der Waals surface area contributed by atoms with E-state index in [9.17, 15) is 4.79 Å². The Kier molecular flexibility index (Phi) is 2.89. The van der Waals surface area contributed by atoms with Gasteiger partial charge in [-0.1, -0.05) is 11.6 Å². The van der Waals surface area contributed by atoms with E-state index in [0.29, 0.717) is 10.6 Å². The van der Waals surface area contributed by atoms with Crippen molar-refractivity contribution < 1.29 is 4.79 Å². The number of aryl methyl sites for hydroxylation is 1. The lowest BCUT2D eigenvalue weighted by atomic mass is 9.78. The van der Waals surface area contributed by atoms with Gasteiger partial charge in [-0.05, 0) is 39.2 Å². The molecule has 0 radical (unpaired) electrons. The summed E-state index contributed by atoms with van der Waals surface area (Å²) < 4.78 is 0. The van der Waals surface area contributed by atoms with Crippen LogP contribution >= 0.6 is 11.6 Å². The van der Waals surface area contributed by atoms with Crippen molar-refractivity contribution in [3.8, 4) is 0 Å². The quantitative estimate of drug-likeness (QED) is 0.861. The lowest BCUT2D eigenvalue weighted by molar-refractivity contribution is 0.0850. The first-order chi connectivity index (χ1) is 7.50. The summed E-state index contributed by atoms with van der Waals surface area (Å²) in [5.41, 5.74) is 1.22. The van der Waals surface area contributed by atoms with Gasteiger partial charge in [0.1, 0.15) is 0 Å². The number of hydrogen-bond donors (Lipinski definition) is 1. The zero-order chi connectivity index (χ0) is 11.8. The summed E-state index contributed by atoms with van der Waals surface area (Å²) in [5, 5.41) is 3.47. The second-order valence-corrected chi connectivity index (χ2v) is 5.08. The first-order valence-electron chi connectivity index (χ1n) is 5.45. The Labute approximate surface area is 100 Å². The van der Waals surface area contributed by atoms with Crippen molar-refractivity contribution >= 4 is 17.5 Å². The van der Waals surface area contributed by atoms with Crippen LogP contribution in [0, 0.1) is 6.92 Å². The Hall–Kier alpha value is -1.09. The standard InChI is InChI=1S/C12H15ClN2O/c1-8-6-10(13)9(7-14-8)11(16)15-12(2)4-3-5-12/h6-7H,3-5H2,1-2H3,(H,15,16). The average molecular weight is 239 g/mol. The average Bonchev–Trinajstić information content (AvgIpc) is 2.14. The third-order valence-corrected chi connectivity index (χ3v) is 3.42. The molecular weight excluding hydrogens is 224 g/mol. The largest absolute Gasteiger partial charge is 0.347 e. The number of carbonyl (C=O) groups is 1. The molecule has 1 heterocycles. The second kappa shape index (κ2) is 4.06. The van der Waals surface area contributed by atoms with Crippen molar-refractivity contribution in [3.05, 3.63) is 28.5 Å². The fraction of sp³-hybridized carbons (Fsp3) is 0.500. The van der Waals surface area contributed by atoms with E-state index in [-0.39, 0.29) is 11.4 Å². The van der Waals surface area contributed by atoms with E-state index in [2.05, 4.69) is 17.2 Å². The van der Waals surface area contributed by atoms with Crippen LogP contribution in [-0.4, -0.2) is 16.4 Å². The highest BCUT2D eigenvalue weighted by atomic mass is 35.5. The molecule has 86 valence electrons. The van der Waals surface area contributed by atoms with E-state index < -0.39 is 0 Å². The van der Waals surface area contributed by atoms with E-state index >= 15 is 0 Å². The number of hydrogen-bond acceptors (Lipinski definition) is 2. The van der Waals surface area contributed by atoms with Gasteiger partial charge in [-0.25, -0.2) is 0 Å². The molecule has 0 aliphatic heterocycles. The van der Waals surface area contributed by atoms with E-state index in [0.717, 1.165) is 18.5 Å². The van der Waals surface area contributed by atoms with E-state index in [1.807, 2.05) is 6.92 Å². The molecule has 16 heavy (non-hydrogen) atoms. The summed E-state index contributed by atoms with van der Waals surface area (Å²) in [5.74, 6) is -0.125. The highest BCUT2D eigenvalue weighted by Crippen LogP contribution is 2.31. The molecule has 0 saturated heterocycles. The SMILES string of the molecule is Cc1cc(Cl)c(C(=O)NC2(C)CCC2)cn1. The molecule has 0 unspecified atom stereocenters. The molecule has 0 aromatic carbocycles. The summed E-state index contributed by atoms with van der Waals surface area (Å²) in [6.45, 7) is 3.91. The third kappa shape index (κ3) is 2.19. The predicted octanol–water partition coefficient (Wildman–Crippen LogP) is 2.72. The number of pyridine rings is 1. The smallest absolute Gasteiger partial charge is 0.254 e. The summed E-state index contributed by atoms with van der Waals surface area (Å²) in [6.07, 6.45) is 4.79. The van der Waals surface area contributed by atoms with Crippen LogP contribution in [0.1, 0.15) is 42.2 Å². The van der Waals surface area contributed by atoms with Gasteiger partial charge in [-0.15, -0.1) is 0 Å². The fourth-order valence-corrected chi connectivity index (χ4v) is 2.16. The van der Waals surface area contributed by atoms with Gasteiger partial charge in [0.25, 0.3) is 5.91 Å². The molecule has 2 rings (SSSR count). The summed E-state index contributed by atoms with van der Waals surface area (Å²) in [6, 6.07) is 1.71. The van der Waals surface area contributed by atoms with Crippen LogP contribution in [0.25, 0.3) is 0 Å². The Morgan fingerprint density at radius 2 is 2.25 bits per heavy atom.